The largest absolute Gasteiger partial charge is 0.480 e. The molecule has 2 rings (SSSR count). The molecule has 0 atom stereocenters. The van der Waals surface area contributed by atoms with Crippen molar-refractivity contribution in [3.05, 3.63) is 46.6 Å². The Hall–Kier alpha value is -2.51. The maximum atomic E-state index is 11.9. The second-order valence-electron chi connectivity index (χ2n) is 4.54. The Morgan fingerprint density at radius 2 is 1.96 bits per heavy atom. The summed E-state index contributed by atoms with van der Waals surface area (Å²) in [6.45, 7) is -0.253. The van der Waals surface area contributed by atoms with E-state index in [2.05, 4.69) is 20.9 Å². The summed E-state index contributed by atoms with van der Waals surface area (Å²) >= 11 is 11.8. The van der Waals surface area contributed by atoms with Gasteiger partial charge in [0, 0.05) is 11.2 Å². The number of benzene rings is 1. The molecular weight excluding hydrogens is 355 g/mol. The summed E-state index contributed by atoms with van der Waals surface area (Å²) in [7, 11) is 1.44. The van der Waals surface area contributed by atoms with E-state index in [9.17, 15) is 9.59 Å². The zero-order chi connectivity index (χ0) is 17.5. The summed E-state index contributed by atoms with van der Waals surface area (Å²) in [6, 6.07) is 7.38. The SMILES string of the molecule is COc1ncccc1NC(=O)NCC(=O)Nc1cc(Cl)ccc1Cl. The Morgan fingerprint density at radius 1 is 1.17 bits per heavy atom. The Kier molecular flexibility index (Phi) is 6.22. The molecule has 126 valence electrons. The number of halogens is 2. The average Bonchev–Trinajstić information content (AvgIpc) is 2.57. The van der Waals surface area contributed by atoms with Gasteiger partial charge >= 0.3 is 6.03 Å². The van der Waals surface area contributed by atoms with E-state index >= 15 is 0 Å². The number of pyridine rings is 1. The molecule has 0 saturated heterocycles. The normalized spacial score (nSPS) is 9.96. The highest BCUT2D eigenvalue weighted by atomic mass is 35.5. The van der Waals surface area contributed by atoms with Crippen LogP contribution in [0.25, 0.3) is 0 Å². The molecular formula is C15H14Cl2N4O3. The van der Waals surface area contributed by atoms with Crippen LogP contribution in [0.3, 0.4) is 0 Å². The maximum Gasteiger partial charge on any atom is 0.319 e. The summed E-state index contributed by atoms with van der Waals surface area (Å²) in [5.74, 6) is -0.185. The summed E-state index contributed by atoms with van der Waals surface area (Å²) in [6.07, 6.45) is 1.53. The fourth-order valence-corrected chi connectivity index (χ4v) is 2.10. The van der Waals surface area contributed by atoms with Crippen LogP contribution in [0.4, 0.5) is 16.2 Å². The van der Waals surface area contributed by atoms with Crippen LogP contribution in [0, 0.1) is 0 Å². The number of anilines is 2. The zero-order valence-corrected chi connectivity index (χ0v) is 14.1. The molecule has 9 heteroatoms. The molecule has 3 N–H and O–H groups in total. The first-order valence-electron chi connectivity index (χ1n) is 6.78. The van der Waals surface area contributed by atoms with Crippen LogP contribution in [0.2, 0.25) is 10.0 Å². The van der Waals surface area contributed by atoms with Gasteiger partial charge in [-0.3, -0.25) is 4.79 Å². The van der Waals surface area contributed by atoms with Crippen LogP contribution < -0.4 is 20.7 Å². The van der Waals surface area contributed by atoms with Gasteiger partial charge in [-0.1, -0.05) is 23.2 Å². The fraction of sp³-hybridized carbons (Fsp3) is 0.133. The lowest BCUT2D eigenvalue weighted by molar-refractivity contribution is -0.115. The Labute approximate surface area is 148 Å². The van der Waals surface area contributed by atoms with E-state index in [1.807, 2.05) is 0 Å². The van der Waals surface area contributed by atoms with Gasteiger partial charge in [-0.25, -0.2) is 9.78 Å². The molecule has 0 aliphatic rings. The van der Waals surface area contributed by atoms with Crippen molar-refractivity contribution in [3.63, 3.8) is 0 Å². The van der Waals surface area contributed by atoms with E-state index in [1.165, 1.54) is 19.4 Å². The van der Waals surface area contributed by atoms with Gasteiger partial charge in [0.1, 0.15) is 5.69 Å². The van der Waals surface area contributed by atoms with Gasteiger partial charge in [0.25, 0.3) is 0 Å². The molecule has 24 heavy (non-hydrogen) atoms. The second kappa shape index (κ2) is 8.37. The van der Waals surface area contributed by atoms with E-state index < -0.39 is 11.9 Å². The molecule has 0 aliphatic carbocycles. The molecule has 0 fully saturated rings. The van der Waals surface area contributed by atoms with E-state index in [4.69, 9.17) is 27.9 Å². The third kappa shape index (κ3) is 5.00. The molecule has 1 aromatic heterocycles. The molecule has 7 nitrogen and oxygen atoms in total. The van der Waals surface area contributed by atoms with E-state index in [1.54, 1.807) is 24.3 Å². The van der Waals surface area contributed by atoms with Crippen LogP contribution >= 0.6 is 23.2 Å². The van der Waals surface area contributed by atoms with E-state index in [-0.39, 0.29) is 12.4 Å². The number of carbonyl (C=O) groups excluding carboxylic acids is 2. The van der Waals surface area contributed by atoms with Crippen molar-refractivity contribution in [1.29, 1.82) is 0 Å². The fourth-order valence-electron chi connectivity index (χ4n) is 1.76. The summed E-state index contributed by atoms with van der Waals surface area (Å²) in [4.78, 5) is 27.6. The number of hydrogen-bond donors (Lipinski definition) is 3. The Balaban J connectivity index is 1.87. The number of carbonyl (C=O) groups is 2. The number of ether oxygens (including phenoxy) is 1. The van der Waals surface area contributed by atoms with Gasteiger partial charge < -0.3 is 20.7 Å². The highest BCUT2D eigenvalue weighted by Crippen LogP contribution is 2.25. The van der Waals surface area contributed by atoms with Gasteiger partial charge in [-0.15, -0.1) is 0 Å². The maximum absolute atomic E-state index is 11.9. The summed E-state index contributed by atoms with van der Waals surface area (Å²) < 4.78 is 5.02. The van der Waals surface area contributed by atoms with Crippen molar-refractivity contribution in [2.75, 3.05) is 24.3 Å². The summed E-state index contributed by atoms with van der Waals surface area (Å²) in [5, 5.41) is 8.29. The molecule has 0 radical (unpaired) electrons. The predicted octanol–water partition coefficient (Wildman–Crippen LogP) is 3.16. The Morgan fingerprint density at radius 3 is 2.71 bits per heavy atom. The topological polar surface area (TPSA) is 92.3 Å². The van der Waals surface area contributed by atoms with Crippen molar-refractivity contribution < 1.29 is 14.3 Å². The van der Waals surface area contributed by atoms with Gasteiger partial charge in [-0.05, 0) is 30.3 Å². The number of amides is 3. The van der Waals surface area contributed by atoms with Crippen molar-refractivity contribution >= 4 is 46.5 Å². The molecule has 0 spiro atoms. The third-order valence-corrected chi connectivity index (χ3v) is 3.39. The quantitative estimate of drug-likeness (QED) is 0.755. The minimum atomic E-state index is -0.575. The molecule has 0 bridgehead atoms. The standard InChI is InChI=1S/C15H14Cl2N4O3/c1-24-14-11(3-2-6-18-14)21-15(23)19-8-13(22)20-12-7-9(16)4-5-10(12)17/h2-7H,8H2,1H3,(H,20,22)(H2,19,21,23). The average molecular weight is 369 g/mol. The van der Waals surface area contributed by atoms with Crippen molar-refractivity contribution in [1.82, 2.24) is 10.3 Å². The van der Waals surface area contributed by atoms with Crippen LogP contribution in [-0.2, 0) is 4.79 Å². The third-order valence-electron chi connectivity index (χ3n) is 2.82. The lowest BCUT2D eigenvalue weighted by Gasteiger charge is -2.11. The van der Waals surface area contributed by atoms with Gasteiger partial charge in [-0.2, -0.15) is 0 Å². The van der Waals surface area contributed by atoms with Crippen LogP contribution in [0.5, 0.6) is 5.88 Å². The number of hydrogen-bond acceptors (Lipinski definition) is 4. The second-order valence-corrected chi connectivity index (χ2v) is 5.38. The number of urea groups is 1. The number of nitrogens with one attached hydrogen (secondary N) is 3. The molecule has 0 unspecified atom stereocenters. The molecule has 0 saturated carbocycles. The highest BCUT2D eigenvalue weighted by molar-refractivity contribution is 6.35. The first-order valence-corrected chi connectivity index (χ1v) is 7.54. The van der Waals surface area contributed by atoms with Crippen molar-refractivity contribution in [2.24, 2.45) is 0 Å². The smallest absolute Gasteiger partial charge is 0.319 e. The minimum absolute atomic E-state index is 0.253. The van der Waals surface area contributed by atoms with E-state index in [0.29, 0.717) is 21.4 Å². The molecule has 1 heterocycles. The minimum Gasteiger partial charge on any atom is -0.480 e. The number of methoxy groups -OCH3 is 1. The van der Waals surface area contributed by atoms with Crippen LogP contribution in [0.15, 0.2) is 36.5 Å². The number of aromatic nitrogens is 1. The first kappa shape index (κ1) is 17.8. The first-order chi connectivity index (χ1) is 11.5. The van der Waals surface area contributed by atoms with Gasteiger partial charge in [0.2, 0.25) is 11.8 Å². The molecule has 2 aromatic rings. The monoisotopic (exact) mass is 368 g/mol. The van der Waals surface area contributed by atoms with E-state index in [0.717, 1.165) is 0 Å². The molecule has 0 aliphatic heterocycles. The lowest BCUT2D eigenvalue weighted by atomic mass is 10.3. The van der Waals surface area contributed by atoms with Gasteiger partial charge in [0.15, 0.2) is 0 Å². The van der Waals surface area contributed by atoms with Crippen molar-refractivity contribution in [3.8, 4) is 5.88 Å². The number of rotatable bonds is 5. The van der Waals surface area contributed by atoms with Crippen LogP contribution in [0.1, 0.15) is 0 Å². The molecule has 1 aromatic carbocycles. The van der Waals surface area contributed by atoms with Crippen LogP contribution in [-0.4, -0.2) is 30.6 Å². The van der Waals surface area contributed by atoms with Gasteiger partial charge in [0.05, 0.1) is 24.4 Å². The number of nitrogens with zero attached hydrogens (tertiary/aromatic N) is 1. The highest BCUT2D eigenvalue weighted by Gasteiger charge is 2.10. The summed E-state index contributed by atoms with van der Waals surface area (Å²) in [5.41, 5.74) is 0.751. The molecule has 3 amide bonds. The van der Waals surface area contributed by atoms with Crippen molar-refractivity contribution in [2.45, 2.75) is 0 Å². The lowest BCUT2D eigenvalue weighted by Crippen LogP contribution is -2.35. The predicted molar refractivity (Wildman–Crippen MR) is 92.9 cm³/mol. The zero-order valence-electron chi connectivity index (χ0n) is 12.6. The Bertz CT molecular complexity index is 755.